The van der Waals surface area contributed by atoms with Crippen LogP contribution in [0.2, 0.25) is 0 Å². The first-order chi connectivity index (χ1) is 10.3. The molecule has 0 atom stereocenters. The van der Waals surface area contributed by atoms with Gasteiger partial charge in [-0.1, -0.05) is 23.4 Å². The molecule has 2 heterocycles. The monoisotopic (exact) mass is 278 g/mol. The van der Waals surface area contributed by atoms with Crippen molar-refractivity contribution >= 4 is 27.6 Å². The number of hydrogen-bond acceptors (Lipinski definition) is 4. The highest BCUT2D eigenvalue weighted by Gasteiger charge is 2.07. The molecular formula is C16H14N4O. The molecule has 0 spiro atoms. The zero-order chi connectivity index (χ0) is 14.2. The average Bonchev–Trinajstić information content (AvgIpc) is 3.08. The van der Waals surface area contributed by atoms with Gasteiger partial charge in [-0.2, -0.15) is 0 Å². The molecule has 2 aromatic carbocycles. The minimum absolute atomic E-state index is 0.685. The highest BCUT2D eigenvalue weighted by Crippen LogP contribution is 2.30. The van der Waals surface area contributed by atoms with Gasteiger partial charge < -0.3 is 9.73 Å². The first-order valence-electron chi connectivity index (χ1n) is 6.80. The topological polar surface area (TPSA) is 55.9 Å². The largest absolute Gasteiger partial charge is 0.456 e. The van der Waals surface area contributed by atoms with E-state index in [0.717, 1.165) is 33.3 Å². The third-order valence-corrected chi connectivity index (χ3v) is 3.66. The van der Waals surface area contributed by atoms with Crippen LogP contribution in [-0.4, -0.2) is 15.0 Å². The van der Waals surface area contributed by atoms with Gasteiger partial charge in [0, 0.05) is 23.5 Å². The van der Waals surface area contributed by atoms with Gasteiger partial charge in [-0.25, -0.2) is 0 Å². The SMILES string of the molecule is Cn1nncc1CNc1ccc2oc3ccccc3c2c1. The number of benzene rings is 2. The van der Waals surface area contributed by atoms with E-state index in [9.17, 15) is 0 Å². The van der Waals surface area contributed by atoms with Crippen molar-refractivity contribution in [2.45, 2.75) is 6.54 Å². The van der Waals surface area contributed by atoms with Gasteiger partial charge in [0.2, 0.25) is 0 Å². The molecule has 1 N–H and O–H groups in total. The Balaban J connectivity index is 1.69. The van der Waals surface area contributed by atoms with Crippen molar-refractivity contribution in [3.63, 3.8) is 0 Å². The lowest BCUT2D eigenvalue weighted by atomic mass is 10.1. The van der Waals surface area contributed by atoms with Crippen LogP contribution in [0.1, 0.15) is 5.69 Å². The second-order valence-corrected chi connectivity index (χ2v) is 5.01. The predicted molar refractivity (Wildman–Crippen MR) is 82.0 cm³/mol. The Hall–Kier alpha value is -2.82. The molecule has 4 aromatic rings. The van der Waals surface area contributed by atoms with Crippen molar-refractivity contribution in [2.75, 3.05) is 5.32 Å². The molecule has 0 saturated carbocycles. The number of anilines is 1. The molecule has 0 aliphatic heterocycles. The number of nitrogens with zero attached hydrogens (tertiary/aromatic N) is 3. The van der Waals surface area contributed by atoms with Crippen molar-refractivity contribution in [2.24, 2.45) is 7.05 Å². The van der Waals surface area contributed by atoms with E-state index in [1.165, 1.54) is 0 Å². The van der Waals surface area contributed by atoms with Crippen LogP contribution in [0, 0.1) is 0 Å². The van der Waals surface area contributed by atoms with E-state index in [1.807, 2.05) is 37.4 Å². The van der Waals surface area contributed by atoms with Gasteiger partial charge in [-0.05, 0) is 24.3 Å². The van der Waals surface area contributed by atoms with E-state index < -0.39 is 0 Å². The summed E-state index contributed by atoms with van der Waals surface area (Å²) in [6.07, 6.45) is 1.76. The lowest BCUT2D eigenvalue weighted by Crippen LogP contribution is -2.05. The maximum Gasteiger partial charge on any atom is 0.135 e. The summed E-state index contributed by atoms with van der Waals surface area (Å²) in [5.74, 6) is 0. The number of furan rings is 1. The number of aryl methyl sites for hydroxylation is 1. The van der Waals surface area contributed by atoms with Crippen LogP contribution >= 0.6 is 0 Å². The zero-order valence-corrected chi connectivity index (χ0v) is 11.6. The molecule has 0 unspecified atom stereocenters. The first kappa shape index (κ1) is 12.0. The normalized spacial score (nSPS) is 11.3. The summed E-state index contributed by atoms with van der Waals surface area (Å²) in [5, 5.41) is 13.5. The summed E-state index contributed by atoms with van der Waals surface area (Å²) in [6, 6.07) is 14.2. The molecule has 0 saturated heterocycles. The summed E-state index contributed by atoms with van der Waals surface area (Å²) in [4.78, 5) is 0. The van der Waals surface area contributed by atoms with Crippen molar-refractivity contribution in [1.82, 2.24) is 15.0 Å². The average molecular weight is 278 g/mol. The maximum absolute atomic E-state index is 5.83. The van der Waals surface area contributed by atoms with Crippen LogP contribution < -0.4 is 5.32 Å². The number of hydrogen-bond donors (Lipinski definition) is 1. The third kappa shape index (κ3) is 2.03. The van der Waals surface area contributed by atoms with Crippen molar-refractivity contribution in [3.05, 3.63) is 54.4 Å². The van der Waals surface area contributed by atoms with Crippen molar-refractivity contribution in [3.8, 4) is 0 Å². The van der Waals surface area contributed by atoms with Crippen molar-refractivity contribution < 1.29 is 4.42 Å². The molecule has 5 nitrogen and oxygen atoms in total. The fraction of sp³-hybridized carbons (Fsp3) is 0.125. The van der Waals surface area contributed by atoms with Crippen LogP contribution in [0.25, 0.3) is 21.9 Å². The van der Waals surface area contributed by atoms with E-state index in [1.54, 1.807) is 10.9 Å². The molecule has 2 aromatic heterocycles. The fourth-order valence-corrected chi connectivity index (χ4v) is 2.50. The minimum atomic E-state index is 0.685. The number of aromatic nitrogens is 3. The minimum Gasteiger partial charge on any atom is -0.456 e. The summed E-state index contributed by atoms with van der Waals surface area (Å²) in [6.45, 7) is 0.685. The van der Waals surface area contributed by atoms with Gasteiger partial charge in [0.25, 0.3) is 0 Å². The van der Waals surface area contributed by atoms with Gasteiger partial charge in [-0.3, -0.25) is 4.68 Å². The Morgan fingerprint density at radius 3 is 2.81 bits per heavy atom. The Morgan fingerprint density at radius 1 is 1.10 bits per heavy atom. The smallest absolute Gasteiger partial charge is 0.135 e. The summed E-state index contributed by atoms with van der Waals surface area (Å²) in [7, 11) is 1.89. The number of fused-ring (bicyclic) bond motifs is 3. The highest BCUT2D eigenvalue weighted by molar-refractivity contribution is 6.05. The fourth-order valence-electron chi connectivity index (χ4n) is 2.50. The van der Waals surface area contributed by atoms with E-state index in [0.29, 0.717) is 6.54 Å². The van der Waals surface area contributed by atoms with Crippen molar-refractivity contribution in [1.29, 1.82) is 0 Å². The molecular weight excluding hydrogens is 264 g/mol. The molecule has 104 valence electrons. The maximum atomic E-state index is 5.83. The van der Waals surface area contributed by atoms with Gasteiger partial charge in [-0.15, -0.1) is 5.10 Å². The Labute approximate surface area is 121 Å². The van der Waals surface area contributed by atoms with Crippen LogP contribution in [0.3, 0.4) is 0 Å². The Bertz CT molecular complexity index is 922. The molecule has 0 aliphatic carbocycles. The Kier molecular flexibility index (Phi) is 2.64. The first-order valence-corrected chi connectivity index (χ1v) is 6.80. The predicted octanol–water partition coefficient (Wildman–Crippen LogP) is 3.33. The van der Waals surface area contributed by atoms with E-state index in [4.69, 9.17) is 4.42 Å². The molecule has 5 heteroatoms. The van der Waals surface area contributed by atoms with Gasteiger partial charge in [0.1, 0.15) is 11.2 Å². The summed E-state index contributed by atoms with van der Waals surface area (Å²) >= 11 is 0. The standard InChI is InChI=1S/C16H14N4O/c1-20-12(10-18-19-20)9-17-11-6-7-16-14(8-11)13-4-2-3-5-15(13)21-16/h2-8,10,17H,9H2,1H3. The van der Waals surface area contributed by atoms with E-state index in [2.05, 4.69) is 27.8 Å². The van der Waals surface area contributed by atoms with Gasteiger partial charge in [0.05, 0.1) is 18.4 Å². The van der Waals surface area contributed by atoms with Crippen LogP contribution in [0.15, 0.2) is 53.1 Å². The lowest BCUT2D eigenvalue weighted by Gasteiger charge is -2.05. The lowest BCUT2D eigenvalue weighted by molar-refractivity contribution is 0.669. The molecule has 4 rings (SSSR count). The molecule has 0 amide bonds. The molecule has 0 radical (unpaired) electrons. The van der Waals surface area contributed by atoms with E-state index >= 15 is 0 Å². The number of nitrogens with one attached hydrogen (secondary N) is 1. The van der Waals surface area contributed by atoms with Crippen LogP contribution in [0.4, 0.5) is 5.69 Å². The van der Waals surface area contributed by atoms with Gasteiger partial charge in [0.15, 0.2) is 0 Å². The summed E-state index contributed by atoms with van der Waals surface area (Å²) < 4.78 is 7.59. The van der Waals surface area contributed by atoms with Gasteiger partial charge >= 0.3 is 0 Å². The third-order valence-electron chi connectivity index (χ3n) is 3.66. The molecule has 0 bridgehead atoms. The number of rotatable bonds is 3. The highest BCUT2D eigenvalue weighted by atomic mass is 16.3. The van der Waals surface area contributed by atoms with E-state index in [-0.39, 0.29) is 0 Å². The quantitative estimate of drug-likeness (QED) is 0.624. The molecule has 21 heavy (non-hydrogen) atoms. The summed E-state index contributed by atoms with van der Waals surface area (Å²) in [5.41, 5.74) is 3.91. The molecule has 0 fully saturated rings. The Morgan fingerprint density at radius 2 is 1.95 bits per heavy atom. The number of para-hydroxylation sites is 1. The van der Waals surface area contributed by atoms with Crippen LogP contribution in [0.5, 0.6) is 0 Å². The van der Waals surface area contributed by atoms with Crippen LogP contribution in [-0.2, 0) is 13.6 Å². The second kappa shape index (κ2) is 4.63. The second-order valence-electron chi connectivity index (χ2n) is 5.01. The molecule has 0 aliphatic rings. The zero-order valence-electron chi connectivity index (χ0n) is 11.6.